The lowest BCUT2D eigenvalue weighted by Crippen LogP contribution is -2.42. The van der Waals surface area contributed by atoms with E-state index >= 15 is 0 Å². The molecule has 0 amide bonds. The van der Waals surface area contributed by atoms with Gasteiger partial charge in [0.25, 0.3) is 0 Å². The van der Waals surface area contributed by atoms with E-state index in [-0.39, 0.29) is 6.10 Å². The molecular formula is C15H22N2O. The number of anilines is 1. The van der Waals surface area contributed by atoms with Crippen molar-refractivity contribution in [2.75, 3.05) is 25.0 Å². The summed E-state index contributed by atoms with van der Waals surface area (Å²) in [6.07, 6.45) is 4.26. The van der Waals surface area contributed by atoms with Crippen LogP contribution in [0, 0.1) is 0 Å². The van der Waals surface area contributed by atoms with E-state index in [4.69, 9.17) is 4.74 Å². The molecule has 2 aliphatic rings. The van der Waals surface area contributed by atoms with Crippen LogP contribution < -0.4 is 10.1 Å². The third kappa shape index (κ3) is 2.61. The predicted molar refractivity (Wildman–Crippen MR) is 74.2 cm³/mol. The second kappa shape index (κ2) is 5.19. The first-order chi connectivity index (χ1) is 8.86. The largest absolute Gasteiger partial charge is 0.485 e. The van der Waals surface area contributed by atoms with Crippen molar-refractivity contribution in [3.05, 3.63) is 24.3 Å². The Bertz CT molecular complexity index is 403. The first kappa shape index (κ1) is 11.8. The molecule has 1 aliphatic heterocycles. The standard InChI is InChI=1S/C15H22N2O/c1-2-9-17(12-7-8-12)11-13-10-16-14-5-3-4-6-15(14)18-13/h3-6,12-13,16H,2,7-11H2,1H3. The van der Waals surface area contributed by atoms with Gasteiger partial charge in [-0.15, -0.1) is 0 Å². The molecule has 98 valence electrons. The van der Waals surface area contributed by atoms with Crippen molar-refractivity contribution in [1.29, 1.82) is 0 Å². The lowest BCUT2D eigenvalue weighted by molar-refractivity contribution is 0.131. The molecule has 0 saturated heterocycles. The fourth-order valence-corrected chi connectivity index (χ4v) is 2.67. The van der Waals surface area contributed by atoms with Crippen LogP contribution in [0.1, 0.15) is 26.2 Å². The van der Waals surface area contributed by atoms with E-state index in [2.05, 4.69) is 29.3 Å². The Morgan fingerprint density at radius 1 is 1.33 bits per heavy atom. The Hall–Kier alpha value is -1.22. The average Bonchev–Trinajstić information content (AvgIpc) is 3.22. The SMILES string of the molecule is CCCN(CC1CNc2ccccc2O1)C1CC1. The Kier molecular flexibility index (Phi) is 3.41. The molecule has 1 unspecified atom stereocenters. The van der Waals surface area contributed by atoms with Crippen LogP contribution in [0.2, 0.25) is 0 Å². The molecule has 1 aromatic rings. The van der Waals surface area contributed by atoms with E-state index in [0.29, 0.717) is 0 Å². The molecule has 1 N–H and O–H groups in total. The van der Waals surface area contributed by atoms with Crippen LogP contribution in [-0.2, 0) is 0 Å². The summed E-state index contributed by atoms with van der Waals surface area (Å²) >= 11 is 0. The number of benzene rings is 1. The fourth-order valence-electron chi connectivity index (χ4n) is 2.67. The molecule has 18 heavy (non-hydrogen) atoms. The van der Waals surface area contributed by atoms with Crippen molar-refractivity contribution < 1.29 is 4.74 Å². The molecule has 3 heteroatoms. The first-order valence-corrected chi connectivity index (χ1v) is 7.10. The van der Waals surface area contributed by atoms with Crippen LogP contribution in [0.4, 0.5) is 5.69 Å². The zero-order valence-corrected chi connectivity index (χ0v) is 11.1. The van der Waals surface area contributed by atoms with E-state index in [1.54, 1.807) is 0 Å². The highest BCUT2D eigenvalue weighted by molar-refractivity contribution is 5.57. The summed E-state index contributed by atoms with van der Waals surface area (Å²) in [5.41, 5.74) is 1.13. The molecule has 1 aliphatic carbocycles. The molecule has 3 nitrogen and oxygen atoms in total. The lowest BCUT2D eigenvalue weighted by Gasteiger charge is -2.32. The Labute approximate surface area is 109 Å². The Morgan fingerprint density at radius 3 is 2.94 bits per heavy atom. The molecule has 1 aromatic carbocycles. The minimum absolute atomic E-state index is 0.284. The second-order valence-corrected chi connectivity index (χ2v) is 5.34. The number of rotatable bonds is 5. The number of hydrogen-bond acceptors (Lipinski definition) is 3. The monoisotopic (exact) mass is 246 g/mol. The quantitative estimate of drug-likeness (QED) is 0.864. The maximum atomic E-state index is 6.08. The van der Waals surface area contributed by atoms with Crippen LogP contribution in [0.15, 0.2) is 24.3 Å². The summed E-state index contributed by atoms with van der Waals surface area (Å²) in [5, 5.41) is 3.47. The first-order valence-electron chi connectivity index (χ1n) is 7.10. The van der Waals surface area contributed by atoms with Gasteiger partial charge in [0, 0.05) is 12.6 Å². The second-order valence-electron chi connectivity index (χ2n) is 5.34. The van der Waals surface area contributed by atoms with Crippen LogP contribution >= 0.6 is 0 Å². The van der Waals surface area contributed by atoms with Crippen LogP contribution in [0.3, 0.4) is 0 Å². The van der Waals surface area contributed by atoms with E-state index in [0.717, 1.165) is 30.6 Å². The van der Waals surface area contributed by atoms with Gasteiger partial charge in [0.2, 0.25) is 0 Å². The van der Waals surface area contributed by atoms with Gasteiger partial charge >= 0.3 is 0 Å². The summed E-state index contributed by atoms with van der Waals surface area (Å²) < 4.78 is 6.08. The van der Waals surface area contributed by atoms with Crippen molar-refractivity contribution in [1.82, 2.24) is 4.90 Å². The lowest BCUT2D eigenvalue weighted by atomic mass is 10.2. The Balaban J connectivity index is 1.61. The molecule has 1 heterocycles. The highest BCUT2D eigenvalue weighted by Gasteiger charge is 2.31. The van der Waals surface area contributed by atoms with Gasteiger partial charge in [-0.1, -0.05) is 19.1 Å². The topological polar surface area (TPSA) is 24.5 Å². The molecule has 3 rings (SSSR count). The number of fused-ring (bicyclic) bond motifs is 1. The van der Waals surface area contributed by atoms with Crippen LogP contribution in [-0.4, -0.2) is 36.7 Å². The highest BCUT2D eigenvalue weighted by atomic mass is 16.5. The maximum absolute atomic E-state index is 6.08. The molecule has 1 fully saturated rings. The normalized spacial score (nSPS) is 22.2. The van der Waals surface area contributed by atoms with Gasteiger partial charge in [-0.2, -0.15) is 0 Å². The molecule has 0 radical (unpaired) electrons. The van der Waals surface area contributed by atoms with Gasteiger partial charge in [0.15, 0.2) is 0 Å². The summed E-state index contributed by atoms with van der Waals surface area (Å²) in [7, 11) is 0. The summed E-state index contributed by atoms with van der Waals surface area (Å²) in [6.45, 7) is 5.43. The number of nitrogens with one attached hydrogen (secondary N) is 1. The van der Waals surface area contributed by atoms with E-state index in [1.165, 1.54) is 25.8 Å². The predicted octanol–water partition coefficient (Wildman–Crippen LogP) is 2.73. The van der Waals surface area contributed by atoms with Crippen molar-refractivity contribution in [3.8, 4) is 5.75 Å². The van der Waals surface area contributed by atoms with Crippen molar-refractivity contribution in [2.45, 2.75) is 38.3 Å². The number of nitrogens with zero attached hydrogens (tertiary/aromatic N) is 1. The number of para-hydroxylation sites is 2. The maximum Gasteiger partial charge on any atom is 0.142 e. The highest BCUT2D eigenvalue weighted by Crippen LogP contribution is 2.31. The summed E-state index contributed by atoms with van der Waals surface area (Å²) in [6, 6.07) is 9.04. The van der Waals surface area contributed by atoms with Gasteiger partial charge in [0.1, 0.15) is 11.9 Å². The van der Waals surface area contributed by atoms with Gasteiger partial charge in [-0.3, -0.25) is 4.90 Å². The van der Waals surface area contributed by atoms with E-state index in [1.807, 2.05) is 12.1 Å². The Morgan fingerprint density at radius 2 is 2.17 bits per heavy atom. The molecule has 1 saturated carbocycles. The van der Waals surface area contributed by atoms with Crippen LogP contribution in [0.5, 0.6) is 5.75 Å². The van der Waals surface area contributed by atoms with Crippen molar-refractivity contribution in [2.24, 2.45) is 0 Å². The fraction of sp³-hybridized carbons (Fsp3) is 0.600. The van der Waals surface area contributed by atoms with E-state index < -0.39 is 0 Å². The van der Waals surface area contributed by atoms with Crippen LogP contribution in [0.25, 0.3) is 0 Å². The van der Waals surface area contributed by atoms with Gasteiger partial charge < -0.3 is 10.1 Å². The third-order valence-corrected chi connectivity index (χ3v) is 3.71. The molecule has 0 aromatic heterocycles. The molecule has 1 atom stereocenters. The molecule has 0 bridgehead atoms. The summed E-state index contributed by atoms with van der Waals surface area (Å²) in [4.78, 5) is 2.60. The molecular weight excluding hydrogens is 224 g/mol. The zero-order chi connectivity index (χ0) is 12.4. The van der Waals surface area contributed by atoms with Gasteiger partial charge in [-0.25, -0.2) is 0 Å². The number of ether oxygens (including phenoxy) is 1. The van der Waals surface area contributed by atoms with Gasteiger partial charge in [-0.05, 0) is 37.9 Å². The third-order valence-electron chi connectivity index (χ3n) is 3.71. The van der Waals surface area contributed by atoms with E-state index in [9.17, 15) is 0 Å². The zero-order valence-electron chi connectivity index (χ0n) is 11.1. The van der Waals surface area contributed by atoms with Gasteiger partial charge in [0.05, 0.1) is 12.2 Å². The summed E-state index contributed by atoms with van der Waals surface area (Å²) in [5.74, 6) is 1.00. The molecule has 0 spiro atoms. The smallest absolute Gasteiger partial charge is 0.142 e. The van der Waals surface area contributed by atoms with Crippen molar-refractivity contribution in [3.63, 3.8) is 0 Å². The minimum atomic E-state index is 0.284. The number of hydrogen-bond donors (Lipinski definition) is 1. The van der Waals surface area contributed by atoms with Crippen molar-refractivity contribution >= 4 is 5.69 Å². The average molecular weight is 246 g/mol. The minimum Gasteiger partial charge on any atom is -0.485 e.